The van der Waals surface area contributed by atoms with E-state index in [1.807, 2.05) is 43.1 Å². The second kappa shape index (κ2) is 6.59. The SMILES string of the molecule is COc1cccc(N(C)Cc2ccccc2F)c1[C@H](C)N. The van der Waals surface area contributed by atoms with Crippen molar-refractivity contribution in [3.63, 3.8) is 0 Å². The van der Waals surface area contributed by atoms with Crippen molar-refractivity contribution in [3.05, 3.63) is 59.4 Å². The van der Waals surface area contributed by atoms with E-state index in [9.17, 15) is 4.39 Å². The highest BCUT2D eigenvalue weighted by Gasteiger charge is 2.16. The third-order valence-electron chi connectivity index (χ3n) is 3.49. The first-order chi connectivity index (χ1) is 10.0. The van der Waals surface area contributed by atoms with Gasteiger partial charge in [0, 0.05) is 36.4 Å². The fourth-order valence-electron chi connectivity index (χ4n) is 2.47. The van der Waals surface area contributed by atoms with Crippen molar-refractivity contribution in [3.8, 4) is 5.75 Å². The van der Waals surface area contributed by atoms with Crippen LogP contribution in [0.25, 0.3) is 0 Å². The topological polar surface area (TPSA) is 38.5 Å². The molecule has 0 aromatic heterocycles. The predicted molar refractivity (Wildman–Crippen MR) is 84.1 cm³/mol. The molecule has 2 aromatic carbocycles. The van der Waals surface area contributed by atoms with E-state index in [4.69, 9.17) is 10.5 Å². The molecule has 3 nitrogen and oxygen atoms in total. The summed E-state index contributed by atoms with van der Waals surface area (Å²) < 4.78 is 19.2. The van der Waals surface area contributed by atoms with E-state index < -0.39 is 0 Å². The first-order valence-electron chi connectivity index (χ1n) is 6.91. The molecule has 0 heterocycles. The summed E-state index contributed by atoms with van der Waals surface area (Å²) in [6.07, 6.45) is 0. The summed E-state index contributed by atoms with van der Waals surface area (Å²) in [5, 5.41) is 0. The molecule has 2 aromatic rings. The van der Waals surface area contributed by atoms with Crippen LogP contribution in [0.5, 0.6) is 5.75 Å². The van der Waals surface area contributed by atoms with Gasteiger partial charge in [0.1, 0.15) is 11.6 Å². The van der Waals surface area contributed by atoms with E-state index in [1.54, 1.807) is 19.2 Å². The zero-order valence-electron chi connectivity index (χ0n) is 12.6. The van der Waals surface area contributed by atoms with Gasteiger partial charge in [-0.2, -0.15) is 0 Å². The Morgan fingerprint density at radius 1 is 1.19 bits per heavy atom. The molecule has 0 aliphatic heterocycles. The van der Waals surface area contributed by atoms with Crippen LogP contribution in [0.4, 0.5) is 10.1 Å². The average Bonchev–Trinajstić information content (AvgIpc) is 2.48. The minimum Gasteiger partial charge on any atom is -0.496 e. The molecule has 0 unspecified atom stereocenters. The van der Waals surface area contributed by atoms with Gasteiger partial charge in [-0.1, -0.05) is 24.3 Å². The van der Waals surface area contributed by atoms with Gasteiger partial charge in [-0.15, -0.1) is 0 Å². The molecule has 0 spiro atoms. The Hall–Kier alpha value is -2.07. The molecule has 0 fully saturated rings. The van der Waals surface area contributed by atoms with E-state index >= 15 is 0 Å². The Balaban J connectivity index is 2.35. The van der Waals surface area contributed by atoms with Gasteiger partial charge in [0.25, 0.3) is 0 Å². The number of hydrogen-bond donors (Lipinski definition) is 1. The quantitative estimate of drug-likeness (QED) is 0.915. The molecule has 0 aliphatic rings. The van der Waals surface area contributed by atoms with E-state index in [0.717, 1.165) is 17.0 Å². The Labute approximate surface area is 125 Å². The number of halogens is 1. The molecule has 0 radical (unpaired) electrons. The number of ether oxygens (including phenoxy) is 1. The molecule has 21 heavy (non-hydrogen) atoms. The Kier molecular flexibility index (Phi) is 4.81. The van der Waals surface area contributed by atoms with Crippen LogP contribution in [0.15, 0.2) is 42.5 Å². The fraction of sp³-hybridized carbons (Fsp3) is 0.294. The molecule has 2 rings (SSSR count). The maximum Gasteiger partial charge on any atom is 0.128 e. The van der Waals surface area contributed by atoms with Crippen molar-refractivity contribution < 1.29 is 9.13 Å². The number of rotatable bonds is 5. The fourth-order valence-corrected chi connectivity index (χ4v) is 2.47. The van der Waals surface area contributed by atoms with Crippen LogP contribution in [0.1, 0.15) is 24.1 Å². The zero-order chi connectivity index (χ0) is 15.4. The first kappa shape index (κ1) is 15.3. The normalized spacial score (nSPS) is 12.0. The lowest BCUT2D eigenvalue weighted by Gasteiger charge is -2.25. The number of anilines is 1. The van der Waals surface area contributed by atoms with E-state index in [0.29, 0.717) is 12.1 Å². The van der Waals surface area contributed by atoms with Crippen molar-refractivity contribution in [2.75, 3.05) is 19.1 Å². The van der Waals surface area contributed by atoms with Crippen molar-refractivity contribution in [2.45, 2.75) is 19.5 Å². The highest BCUT2D eigenvalue weighted by molar-refractivity contribution is 5.60. The lowest BCUT2D eigenvalue weighted by molar-refractivity contribution is 0.407. The Morgan fingerprint density at radius 2 is 1.90 bits per heavy atom. The van der Waals surface area contributed by atoms with Crippen molar-refractivity contribution in [1.82, 2.24) is 0 Å². The number of nitrogens with zero attached hydrogens (tertiary/aromatic N) is 1. The van der Waals surface area contributed by atoms with E-state index in [1.165, 1.54) is 6.07 Å². The molecule has 1 atom stereocenters. The van der Waals surface area contributed by atoms with Crippen LogP contribution in [0.2, 0.25) is 0 Å². The number of nitrogens with two attached hydrogens (primary N) is 1. The monoisotopic (exact) mass is 288 g/mol. The van der Waals surface area contributed by atoms with Crippen molar-refractivity contribution >= 4 is 5.69 Å². The average molecular weight is 288 g/mol. The lowest BCUT2D eigenvalue weighted by atomic mass is 10.0. The molecular weight excluding hydrogens is 267 g/mol. The molecular formula is C17H21FN2O. The summed E-state index contributed by atoms with van der Waals surface area (Å²) in [7, 11) is 3.55. The highest BCUT2D eigenvalue weighted by atomic mass is 19.1. The summed E-state index contributed by atoms with van der Waals surface area (Å²) in [5.74, 6) is 0.553. The minimum absolute atomic E-state index is 0.167. The van der Waals surface area contributed by atoms with Crippen LogP contribution < -0.4 is 15.4 Å². The van der Waals surface area contributed by atoms with Crippen LogP contribution >= 0.6 is 0 Å². The standard InChI is InChI=1S/C17H21FN2O/c1-12(19)17-15(9-6-10-16(17)21-3)20(2)11-13-7-4-5-8-14(13)18/h4-10,12H,11,19H2,1-3H3/t12-/m0/s1. The smallest absolute Gasteiger partial charge is 0.128 e. The number of benzene rings is 2. The van der Waals surface area contributed by atoms with Crippen molar-refractivity contribution in [2.24, 2.45) is 5.73 Å². The van der Waals surface area contributed by atoms with Gasteiger partial charge in [0.2, 0.25) is 0 Å². The van der Waals surface area contributed by atoms with E-state index in [2.05, 4.69) is 0 Å². The molecule has 4 heteroatoms. The van der Waals surface area contributed by atoms with Gasteiger partial charge in [0.15, 0.2) is 0 Å². The molecule has 112 valence electrons. The summed E-state index contributed by atoms with van der Waals surface area (Å²) in [5.41, 5.74) is 8.60. The molecule has 0 bridgehead atoms. The molecule has 0 saturated heterocycles. The van der Waals surface area contributed by atoms with Crippen LogP contribution in [0, 0.1) is 5.82 Å². The minimum atomic E-state index is -0.199. The second-order valence-electron chi connectivity index (χ2n) is 5.13. The zero-order valence-corrected chi connectivity index (χ0v) is 12.6. The summed E-state index contributed by atoms with van der Waals surface area (Å²) in [4.78, 5) is 1.99. The molecule has 0 amide bonds. The van der Waals surface area contributed by atoms with Gasteiger partial charge in [-0.25, -0.2) is 4.39 Å². The number of methoxy groups -OCH3 is 1. The summed E-state index contributed by atoms with van der Waals surface area (Å²) in [6.45, 7) is 2.39. The molecule has 0 saturated carbocycles. The van der Waals surface area contributed by atoms with Gasteiger partial charge in [0.05, 0.1) is 7.11 Å². The van der Waals surface area contributed by atoms with Crippen LogP contribution in [0.3, 0.4) is 0 Å². The Bertz CT molecular complexity index is 613. The summed E-state index contributed by atoms with van der Waals surface area (Å²) in [6, 6.07) is 12.4. The van der Waals surface area contributed by atoms with Gasteiger partial charge in [-0.05, 0) is 25.1 Å². The molecule has 2 N–H and O–H groups in total. The largest absolute Gasteiger partial charge is 0.496 e. The summed E-state index contributed by atoms with van der Waals surface area (Å²) >= 11 is 0. The van der Waals surface area contributed by atoms with Gasteiger partial charge < -0.3 is 15.4 Å². The van der Waals surface area contributed by atoms with Gasteiger partial charge >= 0.3 is 0 Å². The maximum absolute atomic E-state index is 13.8. The van der Waals surface area contributed by atoms with Gasteiger partial charge in [-0.3, -0.25) is 0 Å². The number of hydrogen-bond acceptors (Lipinski definition) is 3. The first-order valence-corrected chi connectivity index (χ1v) is 6.91. The third kappa shape index (κ3) is 3.34. The van der Waals surface area contributed by atoms with Crippen molar-refractivity contribution in [1.29, 1.82) is 0 Å². The highest BCUT2D eigenvalue weighted by Crippen LogP contribution is 2.33. The third-order valence-corrected chi connectivity index (χ3v) is 3.49. The Morgan fingerprint density at radius 3 is 2.52 bits per heavy atom. The van der Waals surface area contributed by atoms with Crippen LogP contribution in [-0.4, -0.2) is 14.2 Å². The predicted octanol–water partition coefficient (Wildman–Crippen LogP) is 3.49. The lowest BCUT2D eigenvalue weighted by Crippen LogP contribution is -2.21. The van der Waals surface area contributed by atoms with Crippen LogP contribution in [-0.2, 0) is 6.54 Å². The van der Waals surface area contributed by atoms with E-state index in [-0.39, 0.29) is 11.9 Å². The second-order valence-corrected chi connectivity index (χ2v) is 5.13. The maximum atomic E-state index is 13.8. The molecule has 0 aliphatic carbocycles.